The lowest BCUT2D eigenvalue weighted by atomic mass is 9.94. The summed E-state index contributed by atoms with van der Waals surface area (Å²) < 4.78 is 0. The van der Waals surface area contributed by atoms with Crippen molar-refractivity contribution >= 4 is 29.3 Å². The van der Waals surface area contributed by atoms with Crippen LogP contribution in [0.1, 0.15) is 51.9 Å². The first-order valence-electron chi connectivity index (χ1n) is 7.84. The van der Waals surface area contributed by atoms with Crippen LogP contribution in [0.3, 0.4) is 0 Å². The first-order valence-corrected chi connectivity index (χ1v) is 7.84. The number of amides is 3. The van der Waals surface area contributed by atoms with Crippen molar-refractivity contribution in [1.29, 1.82) is 0 Å². The molecule has 0 aliphatic carbocycles. The highest BCUT2D eigenvalue weighted by atomic mass is 16.2. The predicted octanol–water partition coefficient (Wildman–Crippen LogP) is 1.70. The van der Waals surface area contributed by atoms with Crippen LogP contribution in [0.15, 0.2) is 5.11 Å². The van der Waals surface area contributed by atoms with Crippen molar-refractivity contribution in [2.45, 2.75) is 51.9 Å². The van der Waals surface area contributed by atoms with E-state index < -0.39 is 23.6 Å². The van der Waals surface area contributed by atoms with Crippen LogP contribution in [-0.4, -0.2) is 40.7 Å². The Bertz CT molecular complexity index is 579. The smallest absolute Gasteiger partial charge is 0.236 e. The molecule has 1 atom stereocenters. The maximum Gasteiger partial charge on any atom is 0.236 e. The molecular weight excluding hydrogens is 316 g/mol. The molecule has 1 fully saturated rings. The maximum atomic E-state index is 11.9. The van der Waals surface area contributed by atoms with Crippen LogP contribution in [0, 0.1) is 5.92 Å². The Hall–Kier alpha value is -2.54. The molecule has 0 bridgehead atoms. The highest BCUT2D eigenvalue weighted by Gasteiger charge is 2.33. The Kier molecular flexibility index (Phi) is 7.77. The minimum Gasteiger partial charge on any atom is -0.300 e. The number of rotatable bonds is 10. The van der Waals surface area contributed by atoms with Gasteiger partial charge in [-0.1, -0.05) is 12.0 Å². The van der Waals surface area contributed by atoms with Gasteiger partial charge >= 0.3 is 0 Å². The third kappa shape index (κ3) is 5.58. The number of likely N-dealkylation sites (tertiary alicyclic amines) is 1. The molecule has 0 saturated carbocycles. The summed E-state index contributed by atoms with van der Waals surface area (Å²) in [6.45, 7) is 1.60. The van der Waals surface area contributed by atoms with E-state index in [1.165, 1.54) is 0 Å². The molecule has 3 amide bonds. The zero-order valence-electron chi connectivity index (χ0n) is 13.6. The van der Waals surface area contributed by atoms with Gasteiger partial charge in [0.1, 0.15) is 11.6 Å². The van der Waals surface area contributed by atoms with Crippen molar-refractivity contribution in [3.63, 3.8) is 0 Å². The van der Waals surface area contributed by atoms with Gasteiger partial charge in [0, 0.05) is 55.9 Å². The molecule has 9 heteroatoms. The molecule has 0 N–H and O–H groups in total. The number of carbonyl (C=O) groups excluding carboxylic acids is 5. The van der Waals surface area contributed by atoms with Crippen molar-refractivity contribution in [2.24, 2.45) is 11.0 Å². The van der Waals surface area contributed by atoms with Crippen LogP contribution in [0.2, 0.25) is 0 Å². The van der Waals surface area contributed by atoms with Crippen LogP contribution in [0.4, 0.5) is 0 Å². The third-order valence-corrected chi connectivity index (χ3v) is 3.79. The Labute approximate surface area is 139 Å². The second-order valence-corrected chi connectivity index (χ2v) is 5.54. The second kappa shape index (κ2) is 9.57. The summed E-state index contributed by atoms with van der Waals surface area (Å²) in [5, 5.41) is 3.34. The van der Waals surface area contributed by atoms with E-state index in [1.54, 1.807) is 6.92 Å². The first kappa shape index (κ1) is 19.5. The molecule has 0 aromatic heterocycles. The minimum absolute atomic E-state index is 0.0402. The molecule has 0 aromatic rings. The Balaban J connectivity index is 2.43. The molecule has 1 aliphatic heterocycles. The van der Waals surface area contributed by atoms with E-state index in [2.05, 4.69) is 10.0 Å². The van der Waals surface area contributed by atoms with Crippen LogP contribution >= 0.6 is 0 Å². The lowest BCUT2D eigenvalue weighted by Crippen LogP contribution is -2.35. The van der Waals surface area contributed by atoms with E-state index in [0.29, 0.717) is 4.90 Å². The lowest BCUT2D eigenvalue weighted by Gasteiger charge is -2.13. The van der Waals surface area contributed by atoms with Gasteiger partial charge in [-0.05, 0) is 12.0 Å². The Morgan fingerprint density at radius 2 is 1.83 bits per heavy atom. The molecule has 1 rings (SSSR count). The number of carbonyl (C=O) groups is 5. The van der Waals surface area contributed by atoms with Crippen LogP contribution in [0.25, 0.3) is 10.4 Å². The van der Waals surface area contributed by atoms with Gasteiger partial charge in [0.15, 0.2) is 0 Å². The Morgan fingerprint density at radius 1 is 1.21 bits per heavy atom. The Morgan fingerprint density at radius 3 is 2.38 bits per heavy atom. The largest absolute Gasteiger partial charge is 0.300 e. The van der Waals surface area contributed by atoms with Gasteiger partial charge in [-0.15, -0.1) is 0 Å². The highest BCUT2D eigenvalue weighted by molar-refractivity contribution is 6.15. The van der Waals surface area contributed by atoms with E-state index in [9.17, 15) is 24.0 Å². The van der Waals surface area contributed by atoms with Crippen LogP contribution < -0.4 is 0 Å². The molecule has 0 radical (unpaired) electrons. The van der Waals surface area contributed by atoms with Gasteiger partial charge in [-0.25, -0.2) is 4.90 Å². The highest BCUT2D eigenvalue weighted by Crippen LogP contribution is 2.16. The fraction of sp³-hybridized carbons (Fsp3) is 0.667. The van der Waals surface area contributed by atoms with E-state index >= 15 is 0 Å². The number of hydrogen-bond acceptors (Lipinski definition) is 6. The molecule has 1 saturated heterocycles. The van der Waals surface area contributed by atoms with E-state index in [-0.39, 0.29) is 63.1 Å². The summed E-state index contributed by atoms with van der Waals surface area (Å²) >= 11 is 0. The van der Waals surface area contributed by atoms with Gasteiger partial charge in [0.05, 0.1) is 0 Å². The summed E-state index contributed by atoms with van der Waals surface area (Å²) in [4.78, 5) is 61.5. The summed E-state index contributed by atoms with van der Waals surface area (Å²) in [7, 11) is 0. The number of hydrogen-bond donors (Lipinski definition) is 0. The maximum absolute atomic E-state index is 11.9. The van der Waals surface area contributed by atoms with Crippen molar-refractivity contribution in [1.82, 2.24) is 4.90 Å². The molecule has 9 nitrogen and oxygen atoms in total. The summed E-state index contributed by atoms with van der Waals surface area (Å²) in [6.07, 6.45) is 0.479. The number of Topliss-reactive ketones (excluding diaryl/α,β-unsaturated/α-hetero) is 2. The standard InChI is InChI=1S/C15H20N4O5/c1-2-12(21)10(9-17-18-16)8-11(20)4-3-5-13(22)19-14(23)6-7-15(19)24/h10H,2-9H2,1H3. The van der Waals surface area contributed by atoms with Gasteiger partial charge in [-0.2, -0.15) is 0 Å². The van der Waals surface area contributed by atoms with Crippen molar-refractivity contribution in [3.8, 4) is 0 Å². The zero-order chi connectivity index (χ0) is 18.1. The normalized spacial score (nSPS) is 15.1. The average Bonchev–Trinajstić information content (AvgIpc) is 2.89. The van der Waals surface area contributed by atoms with Gasteiger partial charge in [0.2, 0.25) is 17.7 Å². The molecule has 130 valence electrons. The molecule has 0 spiro atoms. The number of ketones is 2. The van der Waals surface area contributed by atoms with Gasteiger partial charge < -0.3 is 0 Å². The molecule has 24 heavy (non-hydrogen) atoms. The summed E-state index contributed by atoms with van der Waals surface area (Å²) in [5.74, 6) is -2.61. The fourth-order valence-electron chi connectivity index (χ4n) is 2.48. The van der Waals surface area contributed by atoms with Crippen LogP contribution in [0.5, 0.6) is 0 Å². The summed E-state index contributed by atoms with van der Waals surface area (Å²) in [6, 6.07) is 0. The zero-order valence-corrected chi connectivity index (χ0v) is 13.6. The van der Waals surface area contributed by atoms with Crippen LogP contribution in [-0.2, 0) is 24.0 Å². The second-order valence-electron chi connectivity index (χ2n) is 5.54. The number of nitrogens with zero attached hydrogens (tertiary/aromatic N) is 4. The molecule has 1 aliphatic rings. The fourth-order valence-corrected chi connectivity index (χ4v) is 2.48. The minimum atomic E-state index is -0.643. The quantitative estimate of drug-likeness (QED) is 0.259. The summed E-state index contributed by atoms with van der Waals surface area (Å²) in [5.41, 5.74) is 8.32. The molecule has 1 heterocycles. The van der Waals surface area contributed by atoms with Crippen molar-refractivity contribution in [2.75, 3.05) is 6.54 Å². The van der Waals surface area contributed by atoms with Gasteiger partial charge in [0.25, 0.3) is 0 Å². The average molecular weight is 336 g/mol. The first-order chi connectivity index (χ1) is 11.4. The topological polar surface area (TPSA) is 137 Å². The number of imide groups is 3. The SMILES string of the molecule is CCC(=O)C(CN=[N+]=[N-])CC(=O)CCCC(=O)N1C(=O)CCC1=O. The van der Waals surface area contributed by atoms with E-state index in [0.717, 1.165) is 0 Å². The molecular formula is C15H20N4O5. The molecule has 1 unspecified atom stereocenters. The van der Waals surface area contributed by atoms with E-state index in [1.807, 2.05) is 0 Å². The molecule has 0 aromatic carbocycles. The third-order valence-electron chi connectivity index (χ3n) is 3.79. The monoisotopic (exact) mass is 336 g/mol. The van der Waals surface area contributed by atoms with Crippen molar-refractivity contribution < 1.29 is 24.0 Å². The predicted molar refractivity (Wildman–Crippen MR) is 82.4 cm³/mol. The lowest BCUT2D eigenvalue weighted by molar-refractivity contribution is -0.149. The van der Waals surface area contributed by atoms with Gasteiger partial charge in [-0.3, -0.25) is 24.0 Å². The van der Waals surface area contributed by atoms with Crippen molar-refractivity contribution in [3.05, 3.63) is 10.4 Å². The number of azide groups is 1. The van der Waals surface area contributed by atoms with E-state index in [4.69, 9.17) is 5.53 Å².